The number of aromatic carboxylic acids is 1. The molecular weight excluding hydrogens is 377 g/mol. The number of rotatable bonds is 5. The zero-order chi connectivity index (χ0) is 20.5. The average molecular weight is 401 g/mol. The maximum absolute atomic E-state index is 13.9. The molecule has 154 valence electrons. The van der Waals surface area contributed by atoms with Gasteiger partial charge in [-0.1, -0.05) is 0 Å². The Hall–Kier alpha value is -2.61. The molecule has 7 nitrogen and oxygen atoms in total. The van der Waals surface area contributed by atoms with E-state index in [9.17, 15) is 19.1 Å². The number of ether oxygens (including phenoxy) is 1. The maximum Gasteiger partial charge on any atom is 0.341 e. The lowest BCUT2D eigenvalue weighted by molar-refractivity contribution is 0.0694. The Kier molecular flexibility index (Phi) is 3.93. The minimum absolute atomic E-state index is 0.0627. The first-order chi connectivity index (χ1) is 13.8. The van der Waals surface area contributed by atoms with Gasteiger partial charge in [0.1, 0.15) is 11.7 Å². The smallest absolute Gasteiger partial charge is 0.341 e. The van der Waals surface area contributed by atoms with Crippen molar-refractivity contribution in [2.75, 3.05) is 25.1 Å². The number of aromatic nitrogens is 1. The van der Waals surface area contributed by atoms with E-state index in [0.29, 0.717) is 23.6 Å². The van der Waals surface area contributed by atoms with Gasteiger partial charge in [-0.2, -0.15) is 0 Å². The second-order valence-corrected chi connectivity index (χ2v) is 8.58. The van der Waals surface area contributed by atoms with Crippen molar-refractivity contribution in [1.29, 1.82) is 0 Å². The van der Waals surface area contributed by atoms with Crippen molar-refractivity contribution in [3.05, 3.63) is 34.1 Å². The number of nitrogens with two attached hydrogens (primary N) is 1. The molecule has 0 spiro atoms. The number of carboxylic acids is 1. The van der Waals surface area contributed by atoms with Gasteiger partial charge in [0.05, 0.1) is 29.7 Å². The summed E-state index contributed by atoms with van der Waals surface area (Å²) in [4.78, 5) is 26.5. The van der Waals surface area contributed by atoms with Crippen LogP contribution in [-0.4, -0.2) is 47.6 Å². The van der Waals surface area contributed by atoms with E-state index in [1.54, 1.807) is 16.7 Å². The van der Waals surface area contributed by atoms with E-state index in [4.69, 9.17) is 10.5 Å². The summed E-state index contributed by atoms with van der Waals surface area (Å²) in [5.41, 5.74) is 6.70. The van der Waals surface area contributed by atoms with Gasteiger partial charge in [0.15, 0.2) is 5.75 Å². The van der Waals surface area contributed by atoms with Gasteiger partial charge in [-0.25, -0.2) is 9.18 Å². The van der Waals surface area contributed by atoms with Crippen molar-refractivity contribution in [2.24, 2.45) is 11.7 Å². The first-order valence-electron chi connectivity index (χ1n) is 10.0. The quantitative estimate of drug-likeness (QED) is 0.798. The number of hydrogen-bond acceptors (Lipinski definition) is 5. The van der Waals surface area contributed by atoms with Gasteiger partial charge in [0.2, 0.25) is 5.43 Å². The first-order valence-corrected chi connectivity index (χ1v) is 10.0. The van der Waals surface area contributed by atoms with Crippen LogP contribution in [0.25, 0.3) is 10.9 Å². The van der Waals surface area contributed by atoms with Crippen molar-refractivity contribution >= 4 is 22.6 Å². The van der Waals surface area contributed by atoms with E-state index < -0.39 is 23.6 Å². The molecule has 3 fully saturated rings. The summed E-state index contributed by atoms with van der Waals surface area (Å²) < 4.78 is 21.2. The van der Waals surface area contributed by atoms with E-state index in [1.165, 1.54) is 13.3 Å². The van der Waals surface area contributed by atoms with Crippen LogP contribution < -0.4 is 20.8 Å². The number of carboxylic acid groups (broad SMARTS) is 1. The van der Waals surface area contributed by atoms with Crippen molar-refractivity contribution in [2.45, 2.75) is 43.4 Å². The summed E-state index contributed by atoms with van der Waals surface area (Å²) in [6.45, 7) is 1.64. The molecule has 2 aliphatic carbocycles. The molecule has 1 aliphatic heterocycles. The molecule has 3 aliphatic rings. The van der Waals surface area contributed by atoms with Gasteiger partial charge < -0.3 is 25.0 Å². The second-order valence-electron chi connectivity index (χ2n) is 8.58. The molecule has 0 unspecified atom stereocenters. The molecule has 3 N–H and O–H groups in total. The number of benzene rings is 1. The molecule has 5 rings (SSSR count). The zero-order valence-electron chi connectivity index (χ0n) is 16.2. The van der Waals surface area contributed by atoms with Crippen LogP contribution in [0.1, 0.15) is 42.1 Å². The molecule has 1 aromatic carbocycles. The van der Waals surface area contributed by atoms with Crippen LogP contribution in [0.3, 0.4) is 0 Å². The number of alkyl halides is 1. The molecule has 0 amide bonds. The summed E-state index contributed by atoms with van der Waals surface area (Å²) >= 11 is 0. The molecule has 3 atom stereocenters. The number of hydrogen-bond donors (Lipinski definition) is 2. The molecule has 1 aromatic heterocycles. The van der Waals surface area contributed by atoms with Gasteiger partial charge in [0, 0.05) is 31.2 Å². The Bertz CT molecular complexity index is 1080. The Morgan fingerprint density at radius 2 is 2.10 bits per heavy atom. The lowest BCUT2D eigenvalue weighted by Crippen LogP contribution is -2.34. The van der Waals surface area contributed by atoms with Gasteiger partial charge in [0.25, 0.3) is 0 Å². The summed E-state index contributed by atoms with van der Waals surface area (Å²) in [6, 6.07) is 2.96. The molecule has 8 heteroatoms. The van der Waals surface area contributed by atoms with E-state index in [0.717, 1.165) is 38.0 Å². The van der Waals surface area contributed by atoms with Crippen molar-refractivity contribution < 1.29 is 19.0 Å². The standard InChI is InChI=1S/C21H24FN3O4/c1-29-19-15(24-7-4-11(9-24)21(23)5-6-21)3-2-12-17(19)25(16-8-14(16)22)10-13(18(12)26)20(27)28/h2-3,10-11,14,16H,4-9,23H2,1H3,(H,27,28)/t11-,14+,16+/m1/s1. The van der Waals surface area contributed by atoms with Gasteiger partial charge >= 0.3 is 5.97 Å². The van der Waals surface area contributed by atoms with Crippen LogP contribution in [0.2, 0.25) is 0 Å². The number of carbonyl (C=O) groups is 1. The highest BCUT2D eigenvalue weighted by Crippen LogP contribution is 2.47. The minimum atomic E-state index is -1.31. The predicted molar refractivity (Wildman–Crippen MR) is 107 cm³/mol. The van der Waals surface area contributed by atoms with Crippen molar-refractivity contribution in [1.82, 2.24) is 4.57 Å². The summed E-state index contributed by atoms with van der Waals surface area (Å²) in [6.07, 6.45) is 3.60. The van der Waals surface area contributed by atoms with Crippen LogP contribution in [0.5, 0.6) is 5.75 Å². The number of pyridine rings is 1. The average Bonchev–Trinajstić information content (AvgIpc) is 3.56. The monoisotopic (exact) mass is 401 g/mol. The SMILES string of the molecule is COc1c(N2CC[C@@H](C3(N)CC3)C2)ccc2c(=O)c(C(=O)O)cn([C@H]3C[C@@H]3F)c12. The Balaban J connectivity index is 1.67. The normalized spacial score (nSPS) is 27.3. The molecule has 1 saturated heterocycles. The fraction of sp³-hybridized carbons (Fsp3) is 0.524. The lowest BCUT2D eigenvalue weighted by atomic mass is 9.97. The second kappa shape index (κ2) is 6.19. The van der Waals surface area contributed by atoms with Gasteiger partial charge in [-0.15, -0.1) is 0 Å². The number of halogens is 1. The van der Waals surface area contributed by atoms with Gasteiger partial charge in [-0.3, -0.25) is 4.79 Å². The molecule has 29 heavy (non-hydrogen) atoms. The summed E-state index contributed by atoms with van der Waals surface area (Å²) in [7, 11) is 1.52. The molecule has 2 aromatic rings. The highest BCUT2D eigenvalue weighted by atomic mass is 19.1. The zero-order valence-corrected chi connectivity index (χ0v) is 16.2. The van der Waals surface area contributed by atoms with E-state index in [2.05, 4.69) is 4.90 Å². The van der Waals surface area contributed by atoms with Crippen molar-refractivity contribution in [3.63, 3.8) is 0 Å². The van der Waals surface area contributed by atoms with Crippen LogP contribution in [0.4, 0.5) is 10.1 Å². The first kappa shape index (κ1) is 18.4. The fourth-order valence-corrected chi connectivity index (χ4v) is 4.71. The number of methoxy groups -OCH3 is 1. The lowest BCUT2D eigenvalue weighted by Gasteiger charge is -2.25. The molecule has 2 heterocycles. The summed E-state index contributed by atoms with van der Waals surface area (Å²) in [5.74, 6) is -0.416. The highest BCUT2D eigenvalue weighted by Gasteiger charge is 2.48. The third kappa shape index (κ3) is 2.80. The van der Waals surface area contributed by atoms with Crippen LogP contribution in [-0.2, 0) is 0 Å². The molecule has 0 radical (unpaired) electrons. The molecular formula is C21H24FN3O4. The van der Waals surface area contributed by atoms with E-state index in [1.807, 2.05) is 0 Å². The van der Waals surface area contributed by atoms with Gasteiger partial charge in [-0.05, 0) is 37.3 Å². The largest absolute Gasteiger partial charge is 0.492 e. The van der Waals surface area contributed by atoms with Crippen LogP contribution in [0.15, 0.2) is 23.1 Å². The number of anilines is 1. The van der Waals surface area contributed by atoms with Crippen molar-refractivity contribution in [3.8, 4) is 5.75 Å². The summed E-state index contributed by atoms with van der Waals surface area (Å²) in [5, 5.41) is 9.66. The topological polar surface area (TPSA) is 97.8 Å². The number of fused-ring (bicyclic) bond motifs is 1. The molecule has 2 saturated carbocycles. The third-order valence-corrected chi connectivity index (χ3v) is 6.77. The Labute approximate surface area is 166 Å². The Morgan fingerprint density at radius 3 is 2.69 bits per heavy atom. The fourth-order valence-electron chi connectivity index (χ4n) is 4.71. The number of nitrogens with zero attached hydrogens (tertiary/aromatic N) is 2. The van der Waals surface area contributed by atoms with E-state index in [-0.39, 0.29) is 16.5 Å². The van der Waals surface area contributed by atoms with E-state index >= 15 is 0 Å². The minimum Gasteiger partial charge on any atom is -0.492 e. The third-order valence-electron chi connectivity index (χ3n) is 6.77. The van der Waals surface area contributed by atoms with Crippen LogP contribution in [0, 0.1) is 5.92 Å². The predicted octanol–water partition coefficient (Wildman–Crippen LogP) is 2.31. The Morgan fingerprint density at radius 1 is 1.38 bits per heavy atom. The highest BCUT2D eigenvalue weighted by molar-refractivity contribution is 5.97. The molecule has 0 bridgehead atoms. The van der Waals surface area contributed by atoms with Crippen LogP contribution >= 0.6 is 0 Å². The maximum atomic E-state index is 13.9.